The summed E-state index contributed by atoms with van der Waals surface area (Å²) in [6.45, 7) is 0. The molecule has 0 spiro atoms. The van der Waals surface area contributed by atoms with Gasteiger partial charge in [-0.05, 0) is 54.5 Å². The third-order valence-electron chi connectivity index (χ3n) is 4.12. The van der Waals surface area contributed by atoms with E-state index in [2.05, 4.69) is 4.74 Å². The maximum atomic E-state index is 12.3. The number of nitrogens with zero attached hydrogens (tertiary/aromatic N) is 1. The highest BCUT2D eigenvalue weighted by molar-refractivity contribution is 6.07. The van der Waals surface area contributed by atoms with E-state index in [9.17, 15) is 14.4 Å². The lowest BCUT2D eigenvalue weighted by Gasteiger charge is -2.25. The van der Waals surface area contributed by atoms with E-state index in [0.717, 1.165) is 11.3 Å². The average molecular weight is 339 g/mol. The molecule has 0 N–H and O–H groups in total. The van der Waals surface area contributed by atoms with E-state index < -0.39 is 5.97 Å². The first-order valence-electron chi connectivity index (χ1n) is 7.79. The molecule has 3 rings (SSSR count). The number of furan rings is 1. The summed E-state index contributed by atoms with van der Waals surface area (Å²) in [7, 11) is 3.00. The number of methoxy groups -OCH3 is 1. The zero-order valence-electron chi connectivity index (χ0n) is 13.9. The molecule has 0 atom stereocenters. The maximum absolute atomic E-state index is 12.3. The summed E-state index contributed by atoms with van der Waals surface area (Å²) < 4.78 is 9.84. The second-order valence-electron chi connectivity index (χ2n) is 5.69. The second-order valence-corrected chi connectivity index (χ2v) is 5.69. The number of anilines is 1. The Morgan fingerprint density at radius 2 is 2.00 bits per heavy atom. The van der Waals surface area contributed by atoms with Gasteiger partial charge in [0, 0.05) is 24.7 Å². The fourth-order valence-corrected chi connectivity index (χ4v) is 2.72. The standard InChI is InChI=1S/C19H17NO5/c1-20-15-7-3-13(11-12(15)4-10-18(20)22)16(21)8-5-14-6-9-17(25-14)19(23)24-2/h3,5-9,11H,4,10H2,1-2H3/b8-5+. The van der Waals surface area contributed by atoms with Crippen molar-refractivity contribution in [1.82, 2.24) is 0 Å². The highest BCUT2D eigenvalue weighted by atomic mass is 16.5. The number of ketones is 1. The molecule has 6 nitrogen and oxygen atoms in total. The summed E-state index contributed by atoms with van der Waals surface area (Å²) in [4.78, 5) is 37.0. The van der Waals surface area contributed by atoms with Gasteiger partial charge in [-0.3, -0.25) is 9.59 Å². The van der Waals surface area contributed by atoms with Crippen molar-refractivity contribution in [2.75, 3.05) is 19.1 Å². The normalized spacial score (nSPS) is 13.8. The topological polar surface area (TPSA) is 76.8 Å². The molecule has 0 saturated heterocycles. The summed E-state index contributed by atoms with van der Waals surface area (Å²) >= 11 is 0. The number of ether oxygens (including phenoxy) is 1. The molecule has 128 valence electrons. The lowest BCUT2D eigenvalue weighted by molar-refractivity contribution is -0.118. The molecule has 0 aliphatic carbocycles. The van der Waals surface area contributed by atoms with Crippen molar-refractivity contribution in [2.45, 2.75) is 12.8 Å². The Morgan fingerprint density at radius 3 is 2.76 bits per heavy atom. The fourth-order valence-electron chi connectivity index (χ4n) is 2.72. The lowest BCUT2D eigenvalue weighted by atomic mass is 9.97. The van der Waals surface area contributed by atoms with Gasteiger partial charge in [-0.1, -0.05) is 0 Å². The SMILES string of the molecule is COC(=O)c1ccc(/C=C/C(=O)c2ccc3c(c2)CCC(=O)N3C)o1. The Bertz CT molecular complexity index is 878. The quantitative estimate of drug-likeness (QED) is 0.486. The van der Waals surface area contributed by atoms with E-state index in [1.807, 2.05) is 6.07 Å². The van der Waals surface area contributed by atoms with Gasteiger partial charge in [0.25, 0.3) is 0 Å². The molecule has 1 aromatic heterocycles. The van der Waals surface area contributed by atoms with Gasteiger partial charge >= 0.3 is 5.97 Å². The van der Waals surface area contributed by atoms with E-state index in [1.54, 1.807) is 30.1 Å². The first-order valence-corrected chi connectivity index (χ1v) is 7.79. The molecule has 0 unspecified atom stereocenters. The van der Waals surface area contributed by atoms with Crippen LogP contribution >= 0.6 is 0 Å². The third kappa shape index (κ3) is 3.38. The highest BCUT2D eigenvalue weighted by Crippen LogP contribution is 2.27. The van der Waals surface area contributed by atoms with Gasteiger partial charge in [-0.15, -0.1) is 0 Å². The predicted molar refractivity (Wildman–Crippen MR) is 91.6 cm³/mol. The van der Waals surface area contributed by atoms with Gasteiger partial charge < -0.3 is 14.1 Å². The monoisotopic (exact) mass is 339 g/mol. The Labute approximate surface area is 144 Å². The van der Waals surface area contributed by atoms with Crippen LogP contribution in [-0.2, 0) is 16.0 Å². The van der Waals surface area contributed by atoms with E-state index in [-0.39, 0.29) is 17.5 Å². The smallest absolute Gasteiger partial charge is 0.373 e. The number of carbonyl (C=O) groups excluding carboxylic acids is 3. The van der Waals surface area contributed by atoms with Crippen molar-refractivity contribution in [2.24, 2.45) is 0 Å². The second kappa shape index (κ2) is 6.76. The van der Waals surface area contributed by atoms with E-state index in [0.29, 0.717) is 24.2 Å². The van der Waals surface area contributed by atoms with Gasteiger partial charge in [0.2, 0.25) is 11.7 Å². The third-order valence-corrected chi connectivity index (χ3v) is 4.12. The van der Waals surface area contributed by atoms with Crippen LogP contribution in [0.3, 0.4) is 0 Å². The number of aryl methyl sites for hydroxylation is 1. The number of rotatable bonds is 4. The Morgan fingerprint density at radius 1 is 1.20 bits per heavy atom. The van der Waals surface area contributed by atoms with E-state index in [1.165, 1.54) is 25.3 Å². The van der Waals surface area contributed by atoms with Crippen molar-refractivity contribution < 1.29 is 23.5 Å². The van der Waals surface area contributed by atoms with Gasteiger partial charge in [-0.25, -0.2) is 4.79 Å². The maximum Gasteiger partial charge on any atom is 0.373 e. The predicted octanol–water partition coefficient (Wildman–Crippen LogP) is 2.87. The van der Waals surface area contributed by atoms with Crippen molar-refractivity contribution in [1.29, 1.82) is 0 Å². The highest BCUT2D eigenvalue weighted by Gasteiger charge is 2.21. The molecule has 1 aromatic carbocycles. The minimum atomic E-state index is -0.570. The van der Waals surface area contributed by atoms with E-state index in [4.69, 9.17) is 4.42 Å². The van der Waals surface area contributed by atoms with Crippen molar-refractivity contribution in [3.05, 3.63) is 59.1 Å². The lowest BCUT2D eigenvalue weighted by Crippen LogP contribution is -2.31. The van der Waals surface area contributed by atoms with Gasteiger partial charge in [-0.2, -0.15) is 0 Å². The fraction of sp³-hybridized carbons (Fsp3) is 0.211. The average Bonchev–Trinajstić information content (AvgIpc) is 3.11. The molecule has 2 aromatic rings. The molecule has 2 heterocycles. The number of hydrogen-bond acceptors (Lipinski definition) is 5. The summed E-state index contributed by atoms with van der Waals surface area (Å²) in [5.41, 5.74) is 2.36. The van der Waals surface area contributed by atoms with Crippen molar-refractivity contribution >= 4 is 29.4 Å². The van der Waals surface area contributed by atoms with E-state index >= 15 is 0 Å². The minimum Gasteiger partial charge on any atom is -0.463 e. The van der Waals surface area contributed by atoms with Crippen LogP contribution in [0.2, 0.25) is 0 Å². The summed E-state index contributed by atoms with van der Waals surface area (Å²) in [5.74, 6) is -0.212. The largest absolute Gasteiger partial charge is 0.463 e. The van der Waals surface area contributed by atoms with Crippen LogP contribution in [0.5, 0.6) is 0 Å². The number of amides is 1. The number of hydrogen-bond donors (Lipinski definition) is 0. The van der Waals surface area contributed by atoms with Crippen LogP contribution in [0.15, 0.2) is 40.8 Å². The van der Waals surface area contributed by atoms with Crippen LogP contribution < -0.4 is 4.90 Å². The first-order chi connectivity index (χ1) is 12.0. The number of allylic oxidation sites excluding steroid dienone is 1. The Balaban J connectivity index is 1.76. The zero-order chi connectivity index (χ0) is 18.0. The van der Waals surface area contributed by atoms with Gasteiger partial charge in [0.15, 0.2) is 5.78 Å². The molecular weight excluding hydrogens is 322 g/mol. The number of carbonyl (C=O) groups is 3. The minimum absolute atomic E-state index is 0.0747. The molecule has 0 fully saturated rings. The molecule has 1 aliphatic rings. The number of esters is 1. The van der Waals surface area contributed by atoms with Gasteiger partial charge in [0.1, 0.15) is 5.76 Å². The van der Waals surface area contributed by atoms with Gasteiger partial charge in [0.05, 0.1) is 7.11 Å². The molecule has 0 saturated carbocycles. The van der Waals surface area contributed by atoms with Crippen LogP contribution in [0.4, 0.5) is 5.69 Å². The number of fused-ring (bicyclic) bond motifs is 1. The molecule has 0 radical (unpaired) electrons. The molecule has 25 heavy (non-hydrogen) atoms. The molecule has 6 heteroatoms. The Hall–Kier alpha value is -3.15. The summed E-state index contributed by atoms with van der Waals surface area (Å²) in [6.07, 6.45) is 3.97. The summed E-state index contributed by atoms with van der Waals surface area (Å²) in [6, 6.07) is 8.37. The first kappa shape index (κ1) is 16.7. The van der Waals surface area contributed by atoms with Crippen molar-refractivity contribution in [3.8, 4) is 0 Å². The molecular formula is C19H17NO5. The van der Waals surface area contributed by atoms with Crippen LogP contribution in [0, 0.1) is 0 Å². The van der Waals surface area contributed by atoms with Crippen LogP contribution in [0.25, 0.3) is 6.08 Å². The molecule has 1 amide bonds. The number of benzene rings is 1. The molecule has 0 bridgehead atoms. The molecule has 1 aliphatic heterocycles. The Kier molecular flexibility index (Phi) is 4.52. The van der Waals surface area contributed by atoms with Crippen LogP contribution in [-0.4, -0.2) is 31.8 Å². The van der Waals surface area contributed by atoms with Crippen molar-refractivity contribution in [3.63, 3.8) is 0 Å². The van der Waals surface area contributed by atoms with Crippen LogP contribution in [0.1, 0.15) is 38.7 Å². The zero-order valence-corrected chi connectivity index (χ0v) is 13.9. The summed E-state index contributed by atoms with van der Waals surface area (Å²) in [5, 5.41) is 0.